The highest BCUT2D eigenvalue weighted by Gasteiger charge is 2.56. The minimum Gasteiger partial charge on any atom is -0.493 e. The summed E-state index contributed by atoms with van der Waals surface area (Å²) in [6.07, 6.45) is 4.51. The van der Waals surface area contributed by atoms with E-state index in [9.17, 15) is 18.8 Å². The molecule has 3 N–H and O–H groups in total. The van der Waals surface area contributed by atoms with Crippen molar-refractivity contribution in [2.24, 2.45) is 5.41 Å². The van der Waals surface area contributed by atoms with Crippen molar-refractivity contribution in [2.45, 2.75) is 38.5 Å². The number of carboxylic acids is 1. The SMILES string of the molecule is COc1cc2c(Oc3ccc(NC(=O)C4(C(=O)Nc5ccc(F)cc5)CC4)cc3Cl)ccnc2cc1OCCCCCC(=O)O.[MgH2]. The van der Waals surface area contributed by atoms with Crippen LogP contribution in [0.5, 0.6) is 23.0 Å². The van der Waals surface area contributed by atoms with E-state index in [0.29, 0.717) is 77.6 Å². The largest absolute Gasteiger partial charge is 0.493 e. The second-order valence-corrected chi connectivity index (χ2v) is 11.0. The molecule has 0 aliphatic heterocycles. The van der Waals surface area contributed by atoms with E-state index in [2.05, 4.69) is 15.6 Å². The van der Waals surface area contributed by atoms with Crippen molar-refractivity contribution in [1.82, 2.24) is 4.98 Å². The molecule has 1 saturated carbocycles. The van der Waals surface area contributed by atoms with Crippen molar-refractivity contribution in [3.8, 4) is 23.0 Å². The minimum atomic E-state index is -1.21. The summed E-state index contributed by atoms with van der Waals surface area (Å²) in [5.41, 5.74) is 0.181. The van der Waals surface area contributed by atoms with Crippen LogP contribution in [0.4, 0.5) is 15.8 Å². The number of fused-ring (bicyclic) bond motifs is 1. The van der Waals surface area contributed by atoms with Gasteiger partial charge in [0.2, 0.25) is 11.8 Å². The Morgan fingerprint density at radius 2 is 1.59 bits per heavy atom. The third-order valence-corrected chi connectivity index (χ3v) is 7.71. The van der Waals surface area contributed by atoms with Crippen LogP contribution >= 0.6 is 11.6 Å². The van der Waals surface area contributed by atoms with E-state index in [0.717, 1.165) is 6.42 Å². The summed E-state index contributed by atoms with van der Waals surface area (Å²) in [4.78, 5) is 41.1. The van der Waals surface area contributed by atoms with Crippen LogP contribution in [0, 0.1) is 11.2 Å². The molecule has 1 aromatic heterocycles. The number of aliphatic carboxylic acids is 1. The van der Waals surface area contributed by atoms with Crippen molar-refractivity contribution < 1.29 is 38.1 Å². The maximum atomic E-state index is 13.2. The topological polar surface area (TPSA) is 136 Å². The third kappa shape index (κ3) is 8.36. The fraction of sp³-hybridized carbons (Fsp3) is 0.273. The number of nitrogens with one attached hydrogen (secondary N) is 2. The van der Waals surface area contributed by atoms with Crippen LogP contribution < -0.4 is 24.8 Å². The average molecular weight is 662 g/mol. The summed E-state index contributed by atoms with van der Waals surface area (Å²) in [5, 5.41) is 15.1. The third-order valence-electron chi connectivity index (χ3n) is 7.41. The smallest absolute Gasteiger partial charge is 0.316 e. The number of ether oxygens (including phenoxy) is 3. The van der Waals surface area contributed by atoms with Gasteiger partial charge in [-0.25, -0.2) is 4.39 Å². The molecule has 5 rings (SSSR count). The number of halogens is 2. The quantitative estimate of drug-likeness (QED) is 0.0815. The van der Waals surface area contributed by atoms with Gasteiger partial charge in [0, 0.05) is 35.4 Å². The Morgan fingerprint density at radius 1 is 0.891 bits per heavy atom. The van der Waals surface area contributed by atoms with Gasteiger partial charge in [-0.2, -0.15) is 0 Å². The number of nitrogens with zero attached hydrogens (tertiary/aromatic N) is 1. The number of hydrogen-bond acceptors (Lipinski definition) is 7. The van der Waals surface area contributed by atoms with E-state index in [-0.39, 0.29) is 34.5 Å². The molecule has 13 heteroatoms. The molecule has 1 aliphatic carbocycles. The van der Waals surface area contributed by atoms with Crippen LogP contribution in [0.25, 0.3) is 10.9 Å². The summed E-state index contributed by atoms with van der Waals surface area (Å²) in [6.45, 7) is 0.399. The molecule has 0 atom stereocenters. The molecule has 0 spiro atoms. The first-order valence-corrected chi connectivity index (χ1v) is 14.7. The number of methoxy groups -OCH3 is 1. The lowest BCUT2D eigenvalue weighted by molar-refractivity contribution is -0.137. The summed E-state index contributed by atoms with van der Waals surface area (Å²) in [7, 11) is 1.53. The number of rotatable bonds is 14. The van der Waals surface area contributed by atoms with E-state index in [1.54, 1.807) is 36.5 Å². The number of pyridine rings is 1. The second-order valence-electron chi connectivity index (χ2n) is 10.6. The van der Waals surface area contributed by atoms with Gasteiger partial charge in [0.1, 0.15) is 22.7 Å². The molecule has 1 aliphatic rings. The van der Waals surface area contributed by atoms with Crippen LogP contribution in [-0.4, -0.2) is 64.6 Å². The maximum absolute atomic E-state index is 13.2. The molecule has 2 amide bonds. The van der Waals surface area contributed by atoms with Crippen LogP contribution in [0.3, 0.4) is 0 Å². The number of carbonyl (C=O) groups is 3. The molecule has 3 aromatic carbocycles. The summed E-state index contributed by atoms with van der Waals surface area (Å²) < 4.78 is 30.8. The van der Waals surface area contributed by atoms with Crippen molar-refractivity contribution in [1.29, 1.82) is 0 Å². The highest BCUT2D eigenvalue weighted by molar-refractivity contribution is 6.32. The molecule has 1 heterocycles. The molecule has 0 bridgehead atoms. The Balaban J connectivity index is 0.00000480. The number of unbranched alkanes of at least 4 members (excludes halogenated alkanes) is 2. The number of aromatic nitrogens is 1. The Morgan fingerprint density at radius 3 is 2.24 bits per heavy atom. The molecular weight excluding hydrogens is 629 g/mol. The summed E-state index contributed by atoms with van der Waals surface area (Å²) >= 11 is 6.54. The number of carbonyl (C=O) groups excluding carboxylic acids is 2. The van der Waals surface area contributed by atoms with E-state index in [1.165, 1.54) is 37.4 Å². The molecule has 10 nitrogen and oxygen atoms in total. The number of benzene rings is 3. The lowest BCUT2D eigenvalue weighted by atomic mass is 10.0. The van der Waals surface area contributed by atoms with Crippen molar-refractivity contribution >= 4 is 74.7 Å². The van der Waals surface area contributed by atoms with E-state index < -0.39 is 29.0 Å². The lowest BCUT2D eigenvalue weighted by Gasteiger charge is -2.17. The Bertz CT molecular complexity index is 1730. The van der Waals surface area contributed by atoms with Gasteiger partial charge in [-0.3, -0.25) is 19.4 Å². The van der Waals surface area contributed by atoms with E-state index in [4.69, 9.17) is 30.9 Å². The van der Waals surface area contributed by atoms with Crippen LogP contribution in [0.15, 0.2) is 66.9 Å². The summed E-state index contributed by atoms with van der Waals surface area (Å²) in [5.74, 6) is -0.373. The van der Waals surface area contributed by atoms with Gasteiger partial charge in [0.15, 0.2) is 11.5 Å². The fourth-order valence-electron chi connectivity index (χ4n) is 4.72. The first-order valence-electron chi connectivity index (χ1n) is 14.4. The fourth-order valence-corrected chi connectivity index (χ4v) is 4.94. The van der Waals surface area contributed by atoms with E-state index >= 15 is 0 Å². The van der Waals surface area contributed by atoms with E-state index in [1.807, 2.05) is 0 Å². The Labute approximate surface area is 285 Å². The molecular formula is C33H33ClFMgN3O7. The minimum absolute atomic E-state index is 0. The van der Waals surface area contributed by atoms with Gasteiger partial charge >= 0.3 is 29.0 Å². The molecule has 238 valence electrons. The molecule has 1 fully saturated rings. The van der Waals surface area contributed by atoms with Crippen molar-refractivity contribution in [3.63, 3.8) is 0 Å². The van der Waals surface area contributed by atoms with Gasteiger partial charge in [-0.15, -0.1) is 0 Å². The standard InChI is InChI=1S/C33H31ClFN3O7.Mg.2H/c1-43-28-18-23-25(19-29(28)44-16-4-2-3-5-30(39)40)36-15-12-26(23)45-27-11-10-22(17-24(27)34)38-32(42)33(13-14-33)31(41)37-21-8-6-20(35)7-9-21;;;/h6-12,15,17-19H,2-5,13-14,16H2,1H3,(H,37,41)(H,38,42)(H,39,40);;;. The number of hydrogen-bond donors (Lipinski definition) is 3. The zero-order valence-corrected chi connectivity index (χ0v) is 25.2. The van der Waals surface area contributed by atoms with Crippen LogP contribution in [0.1, 0.15) is 38.5 Å². The number of amides is 2. The molecule has 0 radical (unpaired) electrons. The van der Waals surface area contributed by atoms with Crippen LogP contribution in [-0.2, 0) is 14.4 Å². The average Bonchev–Trinajstić information content (AvgIpc) is 3.83. The normalized spacial score (nSPS) is 12.8. The lowest BCUT2D eigenvalue weighted by Crippen LogP contribution is -2.35. The zero-order valence-electron chi connectivity index (χ0n) is 24.4. The van der Waals surface area contributed by atoms with Gasteiger partial charge in [-0.05, 0) is 86.7 Å². The zero-order chi connectivity index (χ0) is 32.0. The number of carboxylic acid groups (broad SMARTS) is 1. The molecule has 4 aromatic rings. The maximum Gasteiger partial charge on any atom is 0.316 e. The molecule has 0 saturated heterocycles. The van der Waals surface area contributed by atoms with Gasteiger partial charge in [0.25, 0.3) is 0 Å². The predicted octanol–water partition coefficient (Wildman–Crippen LogP) is 6.29. The van der Waals surface area contributed by atoms with Crippen molar-refractivity contribution in [2.75, 3.05) is 24.4 Å². The van der Waals surface area contributed by atoms with Gasteiger partial charge < -0.3 is 30.0 Å². The predicted molar refractivity (Wildman–Crippen MR) is 175 cm³/mol. The number of anilines is 2. The van der Waals surface area contributed by atoms with Gasteiger partial charge in [0.05, 0.1) is 24.3 Å². The van der Waals surface area contributed by atoms with Gasteiger partial charge in [-0.1, -0.05) is 11.6 Å². The van der Waals surface area contributed by atoms with Crippen LogP contribution in [0.2, 0.25) is 5.02 Å². The first kappa shape index (κ1) is 34.7. The highest BCUT2D eigenvalue weighted by atomic mass is 35.5. The monoisotopic (exact) mass is 661 g/mol. The van der Waals surface area contributed by atoms with Crippen molar-refractivity contribution in [3.05, 3.63) is 77.7 Å². The molecule has 46 heavy (non-hydrogen) atoms. The summed E-state index contributed by atoms with van der Waals surface area (Å²) in [6, 6.07) is 15.3. The Kier molecular flexibility index (Phi) is 11.7. The highest BCUT2D eigenvalue weighted by Crippen LogP contribution is 2.48. The Hall–Kier alpha value is -4.13. The molecule has 0 unspecified atom stereocenters. The first-order chi connectivity index (χ1) is 21.7. The second kappa shape index (κ2) is 15.4.